The van der Waals surface area contributed by atoms with Crippen molar-refractivity contribution in [2.24, 2.45) is 0 Å². The highest BCUT2D eigenvalue weighted by Gasteiger charge is 2.33. The molecule has 8 heteroatoms. The van der Waals surface area contributed by atoms with E-state index in [1.165, 1.54) is 35.5 Å². The number of carbonyl (C=O) groups excluding carboxylic acids is 1. The summed E-state index contributed by atoms with van der Waals surface area (Å²) in [6.45, 7) is 2.08. The monoisotopic (exact) mass is 347 g/mol. The highest BCUT2D eigenvalue weighted by atomic mass is 32.2. The standard InChI is InChI=1S/C16H17N3O4S/c1-12(20)13-4-6-15(7-5-13)24(21,22)19-10-8-14(11-19)23-16-3-2-9-17-18-16/h2-7,9,14H,8,10-11H2,1H3. The lowest BCUT2D eigenvalue weighted by Crippen LogP contribution is -2.31. The molecule has 2 aromatic rings. The van der Waals surface area contributed by atoms with Crippen LogP contribution >= 0.6 is 0 Å². The van der Waals surface area contributed by atoms with E-state index >= 15 is 0 Å². The third kappa shape index (κ3) is 3.44. The SMILES string of the molecule is CC(=O)c1ccc(S(=O)(=O)N2CCC(Oc3cccnn3)C2)cc1. The third-order valence-electron chi connectivity index (χ3n) is 3.84. The zero-order valence-corrected chi connectivity index (χ0v) is 13.9. The first-order valence-electron chi connectivity index (χ1n) is 7.52. The largest absolute Gasteiger partial charge is 0.472 e. The molecule has 7 nitrogen and oxygen atoms in total. The van der Waals surface area contributed by atoms with Gasteiger partial charge in [0.25, 0.3) is 0 Å². The quantitative estimate of drug-likeness (QED) is 0.762. The van der Waals surface area contributed by atoms with Gasteiger partial charge >= 0.3 is 0 Å². The van der Waals surface area contributed by atoms with Gasteiger partial charge in [-0.3, -0.25) is 4.79 Å². The van der Waals surface area contributed by atoms with Crippen molar-refractivity contribution in [2.45, 2.75) is 24.3 Å². The molecule has 0 N–H and O–H groups in total. The lowest BCUT2D eigenvalue weighted by Gasteiger charge is -2.17. The Morgan fingerprint density at radius 2 is 2.00 bits per heavy atom. The summed E-state index contributed by atoms with van der Waals surface area (Å²) >= 11 is 0. The Balaban J connectivity index is 1.71. The first kappa shape index (κ1) is 16.5. The van der Waals surface area contributed by atoms with E-state index in [-0.39, 0.29) is 23.3 Å². The number of sulfonamides is 1. The minimum atomic E-state index is -3.60. The molecule has 1 fully saturated rings. The van der Waals surface area contributed by atoms with Crippen LogP contribution in [0.3, 0.4) is 0 Å². The lowest BCUT2D eigenvalue weighted by atomic mass is 10.2. The van der Waals surface area contributed by atoms with Crippen LogP contribution in [-0.4, -0.2) is 47.9 Å². The molecule has 126 valence electrons. The molecule has 1 aliphatic heterocycles. The molecule has 0 spiro atoms. The summed E-state index contributed by atoms with van der Waals surface area (Å²) in [6, 6.07) is 9.37. The Kier molecular flexibility index (Phi) is 4.59. The predicted octanol–water partition coefficient (Wildman–Crippen LogP) is 1.52. The molecular formula is C16H17N3O4S. The molecular weight excluding hydrogens is 330 g/mol. The van der Waals surface area contributed by atoms with Gasteiger partial charge in [0.15, 0.2) is 5.78 Å². The van der Waals surface area contributed by atoms with E-state index in [9.17, 15) is 13.2 Å². The van der Waals surface area contributed by atoms with E-state index in [1.807, 2.05) is 0 Å². The maximum absolute atomic E-state index is 12.7. The zero-order chi connectivity index (χ0) is 17.2. The van der Waals surface area contributed by atoms with Crippen molar-refractivity contribution >= 4 is 15.8 Å². The number of ether oxygens (including phenoxy) is 1. The normalized spacial score (nSPS) is 18.5. The molecule has 3 rings (SSSR count). The molecule has 0 amide bonds. The maximum atomic E-state index is 12.7. The van der Waals surface area contributed by atoms with Crippen LogP contribution in [0.15, 0.2) is 47.5 Å². The van der Waals surface area contributed by atoms with Gasteiger partial charge in [0, 0.05) is 24.4 Å². The van der Waals surface area contributed by atoms with E-state index in [4.69, 9.17) is 4.74 Å². The number of rotatable bonds is 5. The Bertz CT molecular complexity index is 822. The third-order valence-corrected chi connectivity index (χ3v) is 5.72. The van der Waals surface area contributed by atoms with Crippen molar-refractivity contribution in [3.05, 3.63) is 48.2 Å². The van der Waals surface area contributed by atoms with E-state index in [0.29, 0.717) is 24.4 Å². The van der Waals surface area contributed by atoms with Gasteiger partial charge < -0.3 is 4.74 Å². The van der Waals surface area contributed by atoms with E-state index in [2.05, 4.69) is 10.2 Å². The number of carbonyl (C=O) groups is 1. The number of Topliss-reactive ketones (excluding diaryl/α,β-unsaturated/α-hetero) is 1. The Hall–Kier alpha value is -2.32. The smallest absolute Gasteiger partial charge is 0.243 e. The van der Waals surface area contributed by atoms with Crippen LogP contribution in [0.5, 0.6) is 5.88 Å². The topological polar surface area (TPSA) is 89.5 Å². The van der Waals surface area contributed by atoms with Crippen LogP contribution in [0.1, 0.15) is 23.7 Å². The van der Waals surface area contributed by atoms with Gasteiger partial charge in [-0.15, -0.1) is 5.10 Å². The maximum Gasteiger partial charge on any atom is 0.243 e. The van der Waals surface area contributed by atoms with Crippen molar-refractivity contribution < 1.29 is 17.9 Å². The number of hydrogen-bond donors (Lipinski definition) is 0. The summed E-state index contributed by atoms with van der Waals surface area (Å²) in [6.07, 6.45) is 1.87. The first-order valence-corrected chi connectivity index (χ1v) is 8.96. The molecule has 1 aliphatic rings. The minimum absolute atomic E-state index is 0.0995. The van der Waals surface area contributed by atoms with Crippen LogP contribution in [0.25, 0.3) is 0 Å². The number of ketones is 1. The molecule has 0 saturated carbocycles. The summed E-state index contributed by atoms with van der Waals surface area (Å²) in [4.78, 5) is 11.5. The zero-order valence-electron chi connectivity index (χ0n) is 13.1. The summed E-state index contributed by atoms with van der Waals surface area (Å²) < 4.78 is 32.4. The summed E-state index contributed by atoms with van der Waals surface area (Å²) in [7, 11) is -3.60. The van der Waals surface area contributed by atoms with Gasteiger partial charge in [0.2, 0.25) is 15.9 Å². The molecule has 1 unspecified atom stereocenters. The number of benzene rings is 1. The molecule has 0 radical (unpaired) electrons. The summed E-state index contributed by atoms with van der Waals surface area (Å²) in [5.41, 5.74) is 0.485. The fraction of sp³-hybridized carbons (Fsp3) is 0.312. The van der Waals surface area contributed by atoms with Crippen molar-refractivity contribution in [1.82, 2.24) is 14.5 Å². The van der Waals surface area contributed by atoms with Crippen molar-refractivity contribution in [3.8, 4) is 5.88 Å². The molecule has 2 heterocycles. The fourth-order valence-electron chi connectivity index (χ4n) is 2.54. The van der Waals surface area contributed by atoms with E-state index in [0.717, 1.165) is 0 Å². The van der Waals surface area contributed by atoms with Gasteiger partial charge in [-0.25, -0.2) is 8.42 Å². The Morgan fingerprint density at radius 3 is 2.62 bits per heavy atom. The fourth-order valence-corrected chi connectivity index (χ4v) is 4.03. The van der Waals surface area contributed by atoms with Crippen LogP contribution in [0.2, 0.25) is 0 Å². The molecule has 1 aromatic heterocycles. The second-order valence-corrected chi connectivity index (χ2v) is 7.47. The molecule has 1 saturated heterocycles. The van der Waals surface area contributed by atoms with Crippen LogP contribution in [0, 0.1) is 0 Å². The molecule has 24 heavy (non-hydrogen) atoms. The summed E-state index contributed by atoms with van der Waals surface area (Å²) in [5, 5.41) is 7.57. The van der Waals surface area contributed by atoms with E-state index in [1.54, 1.807) is 18.3 Å². The molecule has 0 aliphatic carbocycles. The highest BCUT2D eigenvalue weighted by Crippen LogP contribution is 2.23. The van der Waals surface area contributed by atoms with Crippen LogP contribution in [0.4, 0.5) is 0 Å². The second kappa shape index (κ2) is 6.66. The van der Waals surface area contributed by atoms with Crippen molar-refractivity contribution in [3.63, 3.8) is 0 Å². The first-order chi connectivity index (χ1) is 11.5. The van der Waals surface area contributed by atoms with Gasteiger partial charge in [-0.1, -0.05) is 12.1 Å². The average Bonchev–Trinajstić information content (AvgIpc) is 3.05. The minimum Gasteiger partial charge on any atom is -0.472 e. The molecule has 1 atom stereocenters. The number of aromatic nitrogens is 2. The second-order valence-electron chi connectivity index (χ2n) is 5.53. The molecule has 0 bridgehead atoms. The van der Waals surface area contributed by atoms with Gasteiger partial charge in [-0.2, -0.15) is 9.40 Å². The number of nitrogens with zero attached hydrogens (tertiary/aromatic N) is 3. The Labute approximate surface area is 140 Å². The van der Waals surface area contributed by atoms with Gasteiger partial charge in [0.1, 0.15) is 6.10 Å². The summed E-state index contributed by atoms with van der Waals surface area (Å²) in [5.74, 6) is 0.283. The molecule has 1 aromatic carbocycles. The van der Waals surface area contributed by atoms with Crippen molar-refractivity contribution in [2.75, 3.05) is 13.1 Å². The number of hydrogen-bond acceptors (Lipinski definition) is 6. The van der Waals surface area contributed by atoms with Crippen molar-refractivity contribution in [1.29, 1.82) is 0 Å². The van der Waals surface area contributed by atoms with Crippen LogP contribution < -0.4 is 4.74 Å². The van der Waals surface area contributed by atoms with E-state index < -0.39 is 10.0 Å². The lowest BCUT2D eigenvalue weighted by molar-refractivity contribution is 0.101. The van der Waals surface area contributed by atoms with Gasteiger partial charge in [-0.05, 0) is 31.5 Å². The van der Waals surface area contributed by atoms with Gasteiger partial charge in [0.05, 0.1) is 11.4 Å². The Morgan fingerprint density at radius 1 is 1.25 bits per heavy atom. The van der Waals surface area contributed by atoms with Crippen LogP contribution in [-0.2, 0) is 10.0 Å². The highest BCUT2D eigenvalue weighted by molar-refractivity contribution is 7.89. The predicted molar refractivity (Wildman–Crippen MR) is 86.3 cm³/mol. The average molecular weight is 347 g/mol.